The molecule has 0 heterocycles. The molecule has 0 radical (unpaired) electrons. The highest BCUT2D eigenvalue weighted by Gasteiger charge is 2.31. The Morgan fingerprint density at radius 1 is 1.21 bits per heavy atom. The average Bonchev–Trinajstić information content (AvgIpc) is 2.16. The standard InChI is InChI=1S/C11H22N2S/c1-14-11-5-3-2-4-10(11)13-9-6-8(12)7-9/h8-11,13H,2-7,12H2,1H3. The highest BCUT2D eigenvalue weighted by atomic mass is 32.2. The summed E-state index contributed by atoms with van der Waals surface area (Å²) in [6.45, 7) is 0. The third-order valence-electron chi connectivity index (χ3n) is 3.63. The molecular weight excluding hydrogens is 192 g/mol. The van der Waals surface area contributed by atoms with E-state index in [0.717, 1.165) is 17.3 Å². The summed E-state index contributed by atoms with van der Waals surface area (Å²) in [5, 5.41) is 4.63. The van der Waals surface area contributed by atoms with Crippen LogP contribution in [0.25, 0.3) is 0 Å². The molecule has 0 aromatic carbocycles. The molecule has 82 valence electrons. The van der Waals surface area contributed by atoms with Gasteiger partial charge >= 0.3 is 0 Å². The van der Waals surface area contributed by atoms with E-state index in [4.69, 9.17) is 5.73 Å². The first-order valence-corrected chi connectivity index (χ1v) is 7.13. The van der Waals surface area contributed by atoms with Crippen molar-refractivity contribution in [3.05, 3.63) is 0 Å². The van der Waals surface area contributed by atoms with E-state index in [1.54, 1.807) is 0 Å². The molecule has 0 amide bonds. The summed E-state index contributed by atoms with van der Waals surface area (Å²) in [6.07, 6.45) is 10.2. The summed E-state index contributed by atoms with van der Waals surface area (Å²) in [6, 6.07) is 1.96. The fraction of sp³-hybridized carbons (Fsp3) is 1.00. The van der Waals surface area contributed by atoms with Crippen molar-refractivity contribution in [1.82, 2.24) is 5.32 Å². The van der Waals surface area contributed by atoms with Gasteiger partial charge in [-0.05, 0) is 31.9 Å². The van der Waals surface area contributed by atoms with Crippen LogP contribution >= 0.6 is 11.8 Å². The summed E-state index contributed by atoms with van der Waals surface area (Å²) < 4.78 is 0. The number of rotatable bonds is 3. The van der Waals surface area contributed by atoms with Crippen LogP contribution < -0.4 is 11.1 Å². The van der Waals surface area contributed by atoms with Gasteiger partial charge < -0.3 is 11.1 Å². The highest BCUT2D eigenvalue weighted by molar-refractivity contribution is 7.99. The number of nitrogens with one attached hydrogen (secondary N) is 1. The monoisotopic (exact) mass is 214 g/mol. The van der Waals surface area contributed by atoms with Gasteiger partial charge in [0.05, 0.1) is 0 Å². The number of hydrogen-bond acceptors (Lipinski definition) is 3. The minimum Gasteiger partial charge on any atom is -0.328 e. The van der Waals surface area contributed by atoms with Gasteiger partial charge in [-0.3, -0.25) is 0 Å². The lowest BCUT2D eigenvalue weighted by Crippen LogP contribution is -2.54. The molecule has 2 saturated carbocycles. The predicted molar refractivity (Wildman–Crippen MR) is 63.7 cm³/mol. The first-order valence-electron chi connectivity index (χ1n) is 5.84. The van der Waals surface area contributed by atoms with E-state index < -0.39 is 0 Å². The SMILES string of the molecule is CSC1CCCCC1NC1CC(N)C1. The van der Waals surface area contributed by atoms with Crippen molar-refractivity contribution in [2.75, 3.05) is 6.26 Å². The third kappa shape index (κ3) is 2.44. The van der Waals surface area contributed by atoms with Crippen LogP contribution in [0.2, 0.25) is 0 Å². The Morgan fingerprint density at radius 2 is 1.93 bits per heavy atom. The van der Waals surface area contributed by atoms with Gasteiger partial charge in [-0.25, -0.2) is 0 Å². The van der Waals surface area contributed by atoms with E-state index in [2.05, 4.69) is 11.6 Å². The van der Waals surface area contributed by atoms with Crippen LogP contribution in [0.15, 0.2) is 0 Å². The van der Waals surface area contributed by atoms with Crippen molar-refractivity contribution in [3.63, 3.8) is 0 Å². The summed E-state index contributed by atoms with van der Waals surface area (Å²) in [4.78, 5) is 0. The van der Waals surface area contributed by atoms with Gasteiger partial charge in [-0.2, -0.15) is 11.8 Å². The number of thioether (sulfide) groups is 1. The normalized spacial score (nSPS) is 43.3. The zero-order valence-electron chi connectivity index (χ0n) is 9.04. The molecule has 3 heteroatoms. The smallest absolute Gasteiger partial charge is 0.0198 e. The maximum absolute atomic E-state index is 5.80. The fourth-order valence-electron chi connectivity index (χ4n) is 2.67. The molecule has 0 aliphatic heterocycles. The largest absolute Gasteiger partial charge is 0.328 e. The maximum Gasteiger partial charge on any atom is 0.0198 e. The van der Waals surface area contributed by atoms with Gasteiger partial charge in [0.1, 0.15) is 0 Å². The molecule has 0 aromatic heterocycles. The molecule has 0 aromatic rings. The molecule has 2 nitrogen and oxygen atoms in total. The Kier molecular flexibility index (Phi) is 3.74. The topological polar surface area (TPSA) is 38.0 Å². The van der Waals surface area contributed by atoms with E-state index in [1.165, 1.54) is 38.5 Å². The second kappa shape index (κ2) is 4.86. The molecule has 0 bridgehead atoms. The molecule has 2 aliphatic carbocycles. The van der Waals surface area contributed by atoms with E-state index in [9.17, 15) is 0 Å². The van der Waals surface area contributed by atoms with Crippen molar-refractivity contribution in [2.24, 2.45) is 5.73 Å². The van der Waals surface area contributed by atoms with Crippen molar-refractivity contribution in [2.45, 2.75) is 61.9 Å². The average molecular weight is 214 g/mol. The molecular formula is C11H22N2S. The van der Waals surface area contributed by atoms with Crippen LogP contribution in [0.4, 0.5) is 0 Å². The second-order valence-electron chi connectivity index (χ2n) is 4.76. The first kappa shape index (κ1) is 10.8. The first-order chi connectivity index (χ1) is 6.79. The molecule has 0 saturated heterocycles. The van der Waals surface area contributed by atoms with Crippen LogP contribution in [0.3, 0.4) is 0 Å². The quantitative estimate of drug-likeness (QED) is 0.751. The van der Waals surface area contributed by atoms with Gasteiger partial charge in [0.15, 0.2) is 0 Å². The predicted octanol–water partition coefficient (Wildman–Crippen LogP) is 1.74. The summed E-state index contributed by atoms with van der Waals surface area (Å²) >= 11 is 2.04. The molecule has 2 rings (SSSR count). The van der Waals surface area contributed by atoms with Gasteiger partial charge in [-0.1, -0.05) is 12.8 Å². The van der Waals surface area contributed by atoms with Crippen LogP contribution in [0, 0.1) is 0 Å². The van der Waals surface area contributed by atoms with E-state index in [1.807, 2.05) is 11.8 Å². The van der Waals surface area contributed by atoms with Gasteiger partial charge in [-0.15, -0.1) is 0 Å². The summed E-state index contributed by atoms with van der Waals surface area (Å²) in [5.74, 6) is 0. The zero-order valence-corrected chi connectivity index (χ0v) is 9.85. The Labute approximate surface area is 91.4 Å². The van der Waals surface area contributed by atoms with Crippen LogP contribution in [0.5, 0.6) is 0 Å². The molecule has 2 fully saturated rings. The van der Waals surface area contributed by atoms with E-state index >= 15 is 0 Å². The lowest BCUT2D eigenvalue weighted by Gasteiger charge is -2.40. The molecule has 0 spiro atoms. The second-order valence-corrected chi connectivity index (χ2v) is 5.84. The third-order valence-corrected chi connectivity index (χ3v) is 4.80. The number of hydrogen-bond donors (Lipinski definition) is 2. The van der Waals surface area contributed by atoms with Crippen molar-refractivity contribution < 1.29 is 0 Å². The summed E-state index contributed by atoms with van der Waals surface area (Å²) in [7, 11) is 0. The van der Waals surface area contributed by atoms with Crippen LogP contribution in [0.1, 0.15) is 38.5 Å². The van der Waals surface area contributed by atoms with Gasteiger partial charge in [0.25, 0.3) is 0 Å². The Morgan fingerprint density at radius 3 is 2.57 bits per heavy atom. The maximum atomic E-state index is 5.80. The molecule has 2 aliphatic rings. The molecule has 14 heavy (non-hydrogen) atoms. The summed E-state index contributed by atoms with van der Waals surface area (Å²) in [5.41, 5.74) is 5.80. The van der Waals surface area contributed by atoms with Crippen molar-refractivity contribution in [1.29, 1.82) is 0 Å². The number of nitrogens with two attached hydrogens (primary N) is 1. The van der Waals surface area contributed by atoms with Gasteiger partial charge in [0.2, 0.25) is 0 Å². The van der Waals surface area contributed by atoms with Crippen LogP contribution in [-0.2, 0) is 0 Å². The fourth-order valence-corrected chi connectivity index (χ4v) is 3.62. The minimum absolute atomic E-state index is 0.476. The van der Waals surface area contributed by atoms with Crippen LogP contribution in [-0.4, -0.2) is 29.6 Å². The van der Waals surface area contributed by atoms with Crippen molar-refractivity contribution >= 4 is 11.8 Å². The molecule has 2 atom stereocenters. The Balaban J connectivity index is 1.77. The highest BCUT2D eigenvalue weighted by Crippen LogP contribution is 2.29. The van der Waals surface area contributed by atoms with E-state index in [-0.39, 0.29) is 0 Å². The van der Waals surface area contributed by atoms with Crippen molar-refractivity contribution in [3.8, 4) is 0 Å². The molecule has 2 unspecified atom stereocenters. The minimum atomic E-state index is 0.476. The molecule has 3 N–H and O–H groups in total. The Bertz CT molecular complexity index is 180. The van der Waals surface area contributed by atoms with Gasteiger partial charge in [0, 0.05) is 23.4 Å². The Hall–Kier alpha value is 0.270. The lowest BCUT2D eigenvalue weighted by atomic mass is 9.85. The zero-order chi connectivity index (χ0) is 9.97. The van der Waals surface area contributed by atoms with E-state index in [0.29, 0.717) is 6.04 Å². The lowest BCUT2D eigenvalue weighted by molar-refractivity contribution is 0.243.